The van der Waals surface area contributed by atoms with Gasteiger partial charge in [-0.15, -0.1) is 0 Å². The van der Waals surface area contributed by atoms with Gasteiger partial charge in [-0.25, -0.2) is 4.98 Å². The van der Waals surface area contributed by atoms with Crippen LogP contribution >= 0.6 is 22.9 Å². The van der Waals surface area contributed by atoms with Gasteiger partial charge in [0, 0.05) is 13.1 Å². The van der Waals surface area contributed by atoms with E-state index in [1.54, 1.807) is 23.5 Å². The predicted molar refractivity (Wildman–Crippen MR) is 73.1 cm³/mol. The number of pyridine rings is 1. The van der Waals surface area contributed by atoms with Crippen molar-refractivity contribution < 1.29 is 0 Å². The van der Waals surface area contributed by atoms with Crippen LogP contribution in [0.5, 0.6) is 0 Å². The van der Waals surface area contributed by atoms with E-state index in [0.717, 1.165) is 12.2 Å². The molecule has 0 saturated heterocycles. The van der Waals surface area contributed by atoms with Crippen LogP contribution in [0.3, 0.4) is 0 Å². The summed E-state index contributed by atoms with van der Waals surface area (Å²) in [5.74, 6) is 0.508. The monoisotopic (exact) mass is 267 g/mol. The Morgan fingerprint density at radius 2 is 2.18 bits per heavy atom. The van der Waals surface area contributed by atoms with Crippen molar-refractivity contribution in [3.05, 3.63) is 45.2 Å². The van der Waals surface area contributed by atoms with Crippen molar-refractivity contribution in [2.24, 2.45) is 0 Å². The lowest BCUT2D eigenvalue weighted by atomic mass is 10.3. The molecule has 0 aromatic carbocycles. The van der Waals surface area contributed by atoms with Gasteiger partial charge in [0.25, 0.3) is 0 Å². The minimum absolute atomic E-state index is 0.508. The number of aromatic nitrogens is 1. The SMILES string of the molecule is CN(Cc1ccsc1)Cc1nc(N)ccc1Cl. The predicted octanol–water partition coefficient (Wildman–Crippen LogP) is 3.01. The Labute approximate surface area is 110 Å². The zero-order valence-electron chi connectivity index (χ0n) is 9.56. The largest absolute Gasteiger partial charge is 0.384 e. The Kier molecular flexibility index (Phi) is 3.99. The number of nitrogens with two attached hydrogens (primary N) is 1. The van der Waals surface area contributed by atoms with Gasteiger partial charge in [0.1, 0.15) is 5.82 Å². The number of halogens is 1. The molecule has 0 bridgehead atoms. The fourth-order valence-electron chi connectivity index (χ4n) is 1.62. The van der Waals surface area contributed by atoms with E-state index in [0.29, 0.717) is 17.4 Å². The van der Waals surface area contributed by atoms with E-state index in [1.165, 1.54) is 5.56 Å². The Morgan fingerprint density at radius 1 is 1.35 bits per heavy atom. The van der Waals surface area contributed by atoms with Gasteiger partial charge < -0.3 is 5.73 Å². The number of anilines is 1. The molecule has 0 spiro atoms. The summed E-state index contributed by atoms with van der Waals surface area (Å²) < 4.78 is 0. The van der Waals surface area contributed by atoms with Gasteiger partial charge in [-0.2, -0.15) is 11.3 Å². The second kappa shape index (κ2) is 5.49. The fraction of sp³-hybridized carbons (Fsp3) is 0.250. The number of thiophene rings is 1. The second-order valence-corrected chi connectivity index (χ2v) is 5.16. The molecule has 0 aliphatic heterocycles. The Bertz CT molecular complexity index is 485. The highest BCUT2D eigenvalue weighted by atomic mass is 35.5. The first-order chi connectivity index (χ1) is 8.15. The van der Waals surface area contributed by atoms with Crippen LogP contribution in [0.25, 0.3) is 0 Å². The summed E-state index contributed by atoms with van der Waals surface area (Å²) in [5.41, 5.74) is 7.78. The van der Waals surface area contributed by atoms with E-state index in [2.05, 4.69) is 26.7 Å². The summed E-state index contributed by atoms with van der Waals surface area (Å²) in [6, 6.07) is 5.62. The fourth-order valence-corrected chi connectivity index (χ4v) is 2.44. The number of hydrogen-bond donors (Lipinski definition) is 1. The molecular weight excluding hydrogens is 254 g/mol. The van der Waals surface area contributed by atoms with Crippen molar-refractivity contribution in [2.75, 3.05) is 12.8 Å². The smallest absolute Gasteiger partial charge is 0.123 e. The van der Waals surface area contributed by atoms with E-state index in [-0.39, 0.29) is 0 Å². The van der Waals surface area contributed by atoms with E-state index in [1.807, 2.05) is 7.05 Å². The van der Waals surface area contributed by atoms with Gasteiger partial charge in [-0.1, -0.05) is 11.6 Å². The molecule has 0 unspecified atom stereocenters. The topological polar surface area (TPSA) is 42.2 Å². The van der Waals surface area contributed by atoms with Crippen LogP contribution < -0.4 is 5.73 Å². The maximum absolute atomic E-state index is 6.08. The average molecular weight is 268 g/mol. The summed E-state index contributed by atoms with van der Waals surface area (Å²) in [7, 11) is 2.04. The summed E-state index contributed by atoms with van der Waals surface area (Å²) in [6.07, 6.45) is 0. The molecule has 5 heteroatoms. The summed E-state index contributed by atoms with van der Waals surface area (Å²) in [6.45, 7) is 1.58. The third-order valence-electron chi connectivity index (χ3n) is 2.39. The molecule has 0 saturated carbocycles. The first kappa shape index (κ1) is 12.4. The molecule has 0 amide bonds. The van der Waals surface area contributed by atoms with Gasteiger partial charge in [-0.3, -0.25) is 4.90 Å². The van der Waals surface area contributed by atoms with Crippen LogP contribution in [0.4, 0.5) is 5.82 Å². The number of nitrogen functional groups attached to an aromatic ring is 1. The maximum atomic E-state index is 6.08. The molecule has 0 aliphatic rings. The molecule has 2 aromatic rings. The van der Waals surface area contributed by atoms with Gasteiger partial charge in [0.05, 0.1) is 10.7 Å². The molecule has 0 fully saturated rings. The van der Waals surface area contributed by atoms with E-state index >= 15 is 0 Å². The van der Waals surface area contributed by atoms with E-state index < -0.39 is 0 Å². The van der Waals surface area contributed by atoms with Gasteiger partial charge in [0.15, 0.2) is 0 Å². The Hall–Kier alpha value is -1.10. The second-order valence-electron chi connectivity index (χ2n) is 3.97. The average Bonchev–Trinajstić information content (AvgIpc) is 2.76. The zero-order valence-corrected chi connectivity index (χ0v) is 11.1. The zero-order chi connectivity index (χ0) is 12.3. The molecule has 2 aromatic heterocycles. The molecular formula is C12H14ClN3S. The van der Waals surface area contributed by atoms with Crippen molar-refractivity contribution in [3.63, 3.8) is 0 Å². The van der Waals surface area contributed by atoms with Crippen LogP contribution in [-0.2, 0) is 13.1 Å². The highest BCUT2D eigenvalue weighted by Crippen LogP contribution is 2.18. The van der Waals surface area contributed by atoms with E-state index in [9.17, 15) is 0 Å². The quantitative estimate of drug-likeness (QED) is 0.926. The van der Waals surface area contributed by atoms with Crippen LogP contribution in [0, 0.1) is 0 Å². The van der Waals surface area contributed by atoms with Gasteiger partial charge in [-0.05, 0) is 41.6 Å². The molecule has 0 aliphatic carbocycles. The summed E-state index contributed by atoms with van der Waals surface area (Å²) >= 11 is 7.78. The standard InChI is InChI=1S/C12H14ClN3S/c1-16(6-9-4-5-17-8-9)7-11-10(13)2-3-12(14)15-11/h2-5,8H,6-7H2,1H3,(H2,14,15). The lowest BCUT2D eigenvalue weighted by Crippen LogP contribution is -2.18. The molecule has 0 radical (unpaired) electrons. The first-order valence-electron chi connectivity index (χ1n) is 5.25. The lowest BCUT2D eigenvalue weighted by molar-refractivity contribution is 0.316. The molecule has 2 heterocycles. The number of hydrogen-bond acceptors (Lipinski definition) is 4. The minimum Gasteiger partial charge on any atom is -0.384 e. The maximum Gasteiger partial charge on any atom is 0.123 e. The minimum atomic E-state index is 0.508. The van der Waals surface area contributed by atoms with Gasteiger partial charge in [0.2, 0.25) is 0 Å². The molecule has 2 rings (SSSR count). The van der Waals surface area contributed by atoms with Crippen molar-refractivity contribution in [1.29, 1.82) is 0 Å². The normalized spacial score (nSPS) is 11.0. The van der Waals surface area contributed by atoms with Crippen LogP contribution in [0.2, 0.25) is 5.02 Å². The molecule has 0 atom stereocenters. The molecule has 17 heavy (non-hydrogen) atoms. The number of rotatable bonds is 4. The lowest BCUT2D eigenvalue weighted by Gasteiger charge is -2.16. The number of nitrogens with zero attached hydrogens (tertiary/aromatic N) is 2. The Balaban J connectivity index is 2.02. The van der Waals surface area contributed by atoms with Crippen LogP contribution in [-0.4, -0.2) is 16.9 Å². The van der Waals surface area contributed by atoms with Crippen molar-refractivity contribution >= 4 is 28.8 Å². The van der Waals surface area contributed by atoms with E-state index in [4.69, 9.17) is 17.3 Å². The molecule has 3 nitrogen and oxygen atoms in total. The highest BCUT2D eigenvalue weighted by Gasteiger charge is 2.07. The first-order valence-corrected chi connectivity index (χ1v) is 6.58. The van der Waals surface area contributed by atoms with Crippen molar-refractivity contribution in [3.8, 4) is 0 Å². The Morgan fingerprint density at radius 3 is 2.88 bits per heavy atom. The van der Waals surface area contributed by atoms with Crippen molar-refractivity contribution in [2.45, 2.75) is 13.1 Å². The summed E-state index contributed by atoms with van der Waals surface area (Å²) in [5, 5.41) is 4.89. The third-order valence-corrected chi connectivity index (χ3v) is 3.47. The molecule has 2 N–H and O–H groups in total. The van der Waals surface area contributed by atoms with Crippen LogP contribution in [0.15, 0.2) is 29.0 Å². The van der Waals surface area contributed by atoms with Crippen molar-refractivity contribution in [1.82, 2.24) is 9.88 Å². The summed E-state index contributed by atoms with van der Waals surface area (Å²) in [4.78, 5) is 6.41. The third kappa shape index (κ3) is 3.43. The van der Waals surface area contributed by atoms with Gasteiger partial charge >= 0.3 is 0 Å². The van der Waals surface area contributed by atoms with Crippen LogP contribution in [0.1, 0.15) is 11.3 Å². The molecule has 90 valence electrons. The highest BCUT2D eigenvalue weighted by molar-refractivity contribution is 7.07.